The van der Waals surface area contributed by atoms with Crippen LogP contribution in [0.3, 0.4) is 0 Å². The highest BCUT2D eigenvalue weighted by Crippen LogP contribution is 2.31. The van der Waals surface area contributed by atoms with Gasteiger partial charge in [-0.1, -0.05) is 29.3 Å². The first-order valence-electron chi connectivity index (χ1n) is 6.14. The zero-order valence-electron chi connectivity index (χ0n) is 11.1. The van der Waals surface area contributed by atoms with Crippen molar-refractivity contribution >= 4 is 46.6 Å². The number of halogens is 3. The molecular weight excluding hydrogens is 332 g/mol. The van der Waals surface area contributed by atoms with E-state index in [4.69, 9.17) is 23.2 Å². The number of rotatable bonds is 4. The Hall–Kier alpha value is -1.23. The minimum absolute atomic E-state index is 0.223. The number of hydrogen-bond acceptors (Lipinski definition) is 2. The molecule has 0 spiro atoms. The van der Waals surface area contributed by atoms with Gasteiger partial charge in [0.25, 0.3) is 0 Å². The smallest absolute Gasteiger partial charge is 0.237 e. The predicted molar refractivity (Wildman–Crippen MR) is 86.8 cm³/mol. The molecule has 2 rings (SSSR count). The second-order valence-electron chi connectivity index (χ2n) is 4.30. The molecule has 0 saturated carbocycles. The number of nitrogens with one attached hydrogen (secondary N) is 1. The van der Waals surface area contributed by atoms with Gasteiger partial charge < -0.3 is 5.32 Å². The lowest BCUT2D eigenvalue weighted by Crippen LogP contribution is -2.22. The summed E-state index contributed by atoms with van der Waals surface area (Å²) < 4.78 is 12.8. The van der Waals surface area contributed by atoms with Gasteiger partial charge in [0.2, 0.25) is 5.91 Å². The van der Waals surface area contributed by atoms with E-state index in [1.165, 1.54) is 23.9 Å². The number of amides is 1. The molecule has 6 heteroatoms. The molecule has 0 fully saturated rings. The van der Waals surface area contributed by atoms with Gasteiger partial charge in [0.15, 0.2) is 0 Å². The number of carbonyl (C=O) groups is 1. The number of anilines is 1. The van der Waals surface area contributed by atoms with Gasteiger partial charge in [-0.15, -0.1) is 11.8 Å². The summed E-state index contributed by atoms with van der Waals surface area (Å²) in [5, 5.41) is 3.11. The number of para-hydroxylation sites is 1. The van der Waals surface area contributed by atoms with Crippen LogP contribution in [0.2, 0.25) is 10.0 Å². The molecule has 0 aliphatic rings. The van der Waals surface area contributed by atoms with Gasteiger partial charge in [0, 0.05) is 4.90 Å². The average molecular weight is 344 g/mol. The fourth-order valence-electron chi connectivity index (χ4n) is 1.61. The molecule has 0 heterocycles. The van der Waals surface area contributed by atoms with Crippen molar-refractivity contribution in [2.24, 2.45) is 0 Å². The maximum atomic E-state index is 12.8. The Morgan fingerprint density at radius 2 is 1.71 bits per heavy atom. The summed E-state index contributed by atoms with van der Waals surface area (Å²) in [7, 11) is 0. The number of benzene rings is 2. The van der Waals surface area contributed by atoms with Gasteiger partial charge in [0.05, 0.1) is 21.0 Å². The lowest BCUT2D eigenvalue weighted by molar-refractivity contribution is -0.115. The normalized spacial score (nSPS) is 12.0. The first kappa shape index (κ1) is 16.1. The molecule has 0 bridgehead atoms. The number of carbonyl (C=O) groups excluding carboxylic acids is 1. The number of thioether (sulfide) groups is 1. The van der Waals surface area contributed by atoms with E-state index in [0.29, 0.717) is 15.7 Å². The van der Waals surface area contributed by atoms with E-state index in [2.05, 4.69) is 5.32 Å². The molecule has 0 radical (unpaired) electrons. The molecule has 21 heavy (non-hydrogen) atoms. The highest BCUT2D eigenvalue weighted by atomic mass is 35.5. The second kappa shape index (κ2) is 7.16. The standard InChI is InChI=1S/C15H12Cl2FNOS/c1-9(21-11-7-5-10(18)6-8-11)15(20)19-14-12(16)3-2-4-13(14)17/h2-9H,1H3,(H,19,20). The molecule has 1 N–H and O–H groups in total. The van der Waals surface area contributed by atoms with Gasteiger partial charge in [-0.25, -0.2) is 4.39 Å². The van der Waals surface area contributed by atoms with Crippen molar-refractivity contribution in [3.8, 4) is 0 Å². The van der Waals surface area contributed by atoms with E-state index in [9.17, 15) is 9.18 Å². The van der Waals surface area contributed by atoms with Crippen molar-refractivity contribution in [3.05, 3.63) is 58.3 Å². The highest BCUT2D eigenvalue weighted by Gasteiger charge is 2.17. The molecule has 2 aromatic rings. The van der Waals surface area contributed by atoms with Crippen LogP contribution in [0.1, 0.15) is 6.92 Å². The second-order valence-corrected chi connectivity index (χ2v) is 6.53. The summed E-state index contributed by atoms with van der Waals surface area (Å²) in [5.74, 6) is -0.529. The largest absolute Gasteiger partial charge is 0.323 e. The van der Waals surface area contributed by atoms with Gasteiger partial charge in [-0.3, -0.25) is 4.79 Å². The maximum absolute atomic E-state index is 12.8. The predicted octanol–water partition coefficient (Wildman–Crippen LogP) is 5.25. The molecule has 1 atom stereocenters. The van der Waals surface area contributed by atoms with E-state index < -0.39 is 0 Å². The zero-order chi connectivity index (χ0) is 15.4. The molecule has 1 unspecified atom stereocenters. The van der Waals surface area contributed by atoms with E-state index in [1.54, 1.807) is 37.3 Å². The first-order valence-corrected chi connectivity index (χ1v) is 7.78. The minimum Gasteiger partial charge on any atom is -0.323 e. The summed E-state index contributed by atoms with van der Waals surface area (Å²) in [6, 6.07) is 11.0. The van der Waals surface area contributed by atoms with Crippen molar-refractivity contribution < 1.29 is 9.18 Å². The Bertz CT molecular complexity index is 628. The van der Waals surface area contributed by atoms with Crippen LogP contribution in [0.15, 0.2) is 47.4 Å². The zero-order valence-corrected chi connectivity index (χ0v) is 13.4. The summed E-state index contributed by atoms with van der Waals surface area (Å²) in [6.07, 6.45) is 0. The highest BCUT2D eigenvalue weighted by molar-refractivity contribution is 8.00. The lowest BCUT2D eigenvalue weighted by atomic mass is 10.3. The molecule has 0 aliphatic carbocycles. The Morgan fingerprint density at radius 1 is 1.14 bits per heavy atom. The summed E-state index contributed by atoms with van der Waals surface area (Å²) in [4.78, 5) is 13.0. The fourth-order valence-corrected chi connectivity index (χ4v) is 2.97. The van der Waals surface area contributed by atoms with Gasteiger partial charge in [-0.05, 0) is 43.3 Å². The lowest BCUT2D eigenvalue weighted by Gasteiger charge is -2.14. The third-order valence-corrected chi connectivity index (χ3v) is 4.45. The van der Waals surface area contributed by atoms with Crippen LogP contribution >= 0.6 is 35.0 Å². The van der Waals surface area contributed by atoms with Crippen LogP contribution in [-0.4, -0.2) is 11.2 Å². The third-order valence-electron chi connectivity index (χ3n) is 2.71. The van der Waals surface area contributed by atoms with E-state index in [0.717, 1.165) is 4.90 Å². The van der Waals surface area contributed by atoms with Crippen molar-refractivity contribution in [2.75, 3.05) is 5.32 Å². The number of hydrogen-bond donors (Lipinski definition) is 1. The Balaban J connectivity index is 2.04. The van der Waals surface area contributed by atoms with Crippen LogP contribution < -0.4 is 5.32 Å². The summed E-state index contributed by atoms with van der Waals surface area (Å²) in [5.41, 5.74) is 0.400. The Labute approximate surface area is 136 Å². The summed E-state index contributed by atoms with van der Waals surface area (Å²) >= 11 is 13.3. The minimum atomic E-state index is -0.372. The van der Waals surface area contributed by atoms with Gasteiger partial charge in [0.1, 0.15) is 5.82 Å². The maximum Gasteiger partial charge on any atom is 0.237 e. The molecule has 0 aromatic heterocycles. The molecular formula is C15H12Cl2FNOS. The average Bonchev–Trinajstić information content (AvgIpc) is 2.45. The Morgan fingerprint density at radius 3 is 2.29 bits per heavy atom. The molecule has 2 nitrogen and oxygen atoms in total. The molecule has 2 aromatic carbocycles. The van der Waals surface area contributed by atoms with Crippen LogP contribution in [-0.2, 0) is 4.79 Å². The van der Waals surface area contributed by atoms with Crippen molar-refractivity contribution in [3.63, 3.8) is 0 Å². The molecule has 0 saturated heterocycles. The van der Waals surface area contributed by atoms with Gasteiger partial charge >= 0.3 is 0 Å². The SMILES string of the molecule is CC(Sc1ccc(F)cc1)C(=O)Nc1c(Cl)cccc1Cl. The van der Waals surface area contributed by atoms with Crippen molar-refractivity contribution in [1.29, 1.82) is 0 Å². The monoisotopic (exact) mass is 343 g/mol. The topological polar surface area (TPSA) is 29.1 Å². The van der Waals surface area contributed by atoms with Crippen LogP contribution in [0.4, 0.5) is 10.1 Å². The van der Waals surface area contributed by atoms with Gasteiger partial charge in [-0.2, -0.15) is 0 Å². The van der Waals surface area contributed by atoms with E-state index in [1.807, 2.05) is 0 Å². The summed E-state index contributed by atoms with van der Waals surface area (Å²) in [6.45, 7) is 1.76. The van der Waals surface area contributed by atoms with E-state index in [-0.39, 0.29) is 17.0 Å². The fraction of sp³-hybridized carbons (Fsp3) is 0.133. The Kier molecular flexibility index (Phi) is 5.51. The van der Waals surface area contributed by atoms with Crippen molar-refractivity contribution in [1.82, 2.24) is 0 Å². The third kappa shape index (κ3) is 4.37. The van der Waals surface area contributed by atoms with E-state index >= 15 is 0 Å². The quantitative estimate of drug-likeness (QED) is 0.768. The first-order chi connectivity index (χ1) is 9.97. The van der Waals surface area contributed by atoms with Crippen LogP contribution in [0, 0.1) is 5.82 Å². The molecule has 0 aliphatic heterocycles. The van der Waals surface area contributed by atoms with Crippen LogP contribution in [0.5, 0.6) is 0 Å². The van der Waals surface area contributed by atoms with Crippen molar-refractivity contribution in [2.45, 2.75) is 17.1 Å². The molecule has 1 amide bonds. The molecule has 110 valence electrons. The van der Waals surface area contributed by atoms with Crippen LogP contribution in [0.25, 0.3) is 0 Å².